The van der Waals surface area contributed by atoms with Crippen LogP contribution in [0.3, 0.4) is 0 Å². The summed E-state index contributed by atoms with van der Waals surface area (Å²) < 4.78 is 6.88. The second-order valence-corrected chi connectivity index (χ2v) is 10.5. The van der Waals surface area contributed by atoms with Gasteiger partial charge in [-0.05, 0) is 40.6 Å². The van der Waals surface area contributed by atoms with E-state index >= 15 is 0 Å². The van der Waals surface area contributed by atoms with Gasteiger partial charge in [0.05, 0.1) is 28.5 Å². The van der Waals surface area contributed by atoms with Gasteiger partial charge in [0.1, 0.15) is 11.2 Å². The first-order valence-electron chi connectivity index (χ1n) is 13.6. The Balaban J connectivity index is 1.37. The molecule has 0 amide bonds. The number of H-pyrrole nitrogens is 1. The zero-order chi connectivity index (χ0) is 26.2. The summed E-state index contributed by atoms with van der Waals surface area (Å²) in [5.74, 6) is 0. The monoisotopic (exact) mass is 513 g/mol. The lowest BCUT2D eigenvalue weighted by Gasteiger charge is -2.22. The van der Waals surface area contributed by atoms with Crippen molar-refractivity contribution in [2.24, 2.45) is 4.99 Å². The number of aliphatic imine (C=N–C) groups is 1. The fourth-order valence-electron chi connectivity index (χ4n) is 6.31. The average Bonchev–Trinajstić information content (AvgIpc) is 3.57. The van der Waals surface area contributed by atoms with E-state index in [4.69, 9.17) is 9.41 Å². The first kappa shape index (κ1) is 21.6. The molecule has 0 saturated carbocycles. The van der Waals surface area contributed by atoms with E-state index in [-0.39, 0.29) is 6.04 Å². The third kappa shape index (κ3) is 3.04. The van der Waals surface area contributed by atoms with Crippen LogP contribution in [0.1, 0.15) is 5.56 Å². The third-order valence-corrected chi connectivity index (χ3v) is 8.23. The molecule has 0 spiro atoms. The number of nitrogens with zero attached hydrogens (tertiary/aromatic N) is 1. The molecular weight excluding hydrogens is 490 g/mol. The van der Waals surface area contributed by atoms with Crippen molar-refractivity contribution >= 4 is 65.9 Å². The number of para-hydroxylation sites is 2. The maximum absolute atomic E-state index is 6.88. The Bertz CT molecular complexity index is 2310. The molecule has 9 rings (SSSR count). The number of rotatable bonds is 2. The fourth-order valence-corrected chi connectivity index (χ4v) is 6.31. The van der Waals surface area contributed by atoms with Gasteiger partial charge in [-0.3, -0.25) is 0 Å². The van der Waals surface area contributed by atoms with Crippen molar-refractivity contribution < 1.29 is 4.42 Å². The minimum Gasteiger partial charge on any atom is -0.455 e. The Morgan fingerprint density at radius 2 is 1.57 bits per heavy atom. The SMILES string of the molecule is C1=CC2=NC(c3c4[nH]c5ccccc5c4cc4c3oc3c(-c5ccc6ccccc6c5)cccc34)=CNC2C=C1. The molecule has 0 fully saturated rings. The van der Waals surface area contributed by atoms with Gasteiger partial charge in [0, 0.05) is 38.8 Å². The number of hydrogen-bond donors (Lipinski definition) is 2. The lowest BCUT2D eigenvalue weighted by atomic mass is 9.97. The van der Waals surface area contributed by atoms with Crippen LogP contribution in [-0.2, 0) is 0 Å². The van der Waals surface area contributed by atoms with E-state index in [1.165, 1.54) is 21.5 Å². The first-order valence-corrected chi connectivity index (χ1v) is 13.6. The fraction of sp³-hybridized carbons (Fsp3) is 0.0278. The summed E-state index contributed by atoms with van der Waals surface area (Å²) in [6.07, 6.45) is 10.3. The summed E-state index contributed by atoms with van der Waals surface area (Å²) in [4.78, 5) is 8.82. The molecule has 4 nitrogen and oxygen atoms in total. The summed E-state index contributed by atoms with van der Waals surface area (Å²) >= 11 is 0. The molecule has 0 saturated heterocycles. The van der Waals surface area contributed by atoms with E-state index in [1.807, 2.05) is 12.3 Å². The molecule has 1 aliphatic carbocycles. The van der Waals surface area contributed by atoms with Crippen molar-refractivity contribution in [1.29, 1.82) is 0 Å². The van der Waals surface area contributed by atoms with E-state index in [0.717, 1.165) is 61.1 Å². The van der Waals surface area contributed by atoms with Gasteiger partial charge in [0.2, 0.25) is 0 Å². The van der Waals surface area contributed by atoms with Crippen molar-refractivity contribution in [2.75, 3.05) is 0 Å². The van der Waals surface area contributed by atoms with Crippen LogP contribution in [0.15, 0.2) is 131 Å². The smallest absolute Gasteiger partial charge is 0.147 e. The number of benzene rings is 5. The van der Waals surface area contributed by atoms with Crippen LogP contribution in [-0.4, -0.2) is 16.7 Å². The van der Waals surface area contributed by atoms with Crippen molar-refractivity contribution in [3.05, 3.63) is 127 Å². The number of fused-ring (bicyclic) bond motifs is 8. The highest BCUT2D eigenvalue weighted by Gasteiger charge is 2.25. The molecule has 7 aromatic rings. The van der Waals surface area contributed by atoms with Gasteiger partial charge < -0.3 is 14.7 Å². The van der Waals surface area contributed by atoms with Gasteiger partial charge in [-0.2, -0.15) is 0 Å². The number of nitrogens with one attached hydrogen (secondary N) is 2. The van der Waals surface area contributed by atoms with Crippen LogP contribution in [0.25, 0.3) is 71.3 Å². The van der Waals surface area contributed by atoms with Crippen molar-refractivity contribution in [3.8, 4) is 11.1 Å². The van der Waals surface area contributed by atoms with Crippen LogP contribution < -0.4 is 5.32 Å². The Morgan fingerprint density at radius 3 is 2.55 bits per heavy atom. The van der Waals surface area contributed by atoms with Crippen LogP contribution in [0.2, 0.25) is 0 Å². The van der Waals surface area contributed by atoms with Gasteiger partial charge in [-0.1, -0.05) is 91.0 Å². The maximum Gasteiger partial charge on any atom is 0.147 e. The summed E-state index contributed by atoms with van der Waals surface area (Å²) in [6, 6.07) is 32.4. The highest BCUT2D eigenvalue weighted by atomic mass is 16.3. The normalized spacial score (nSPS) is 16.6. The molecule has 0 bridgehead atoms. The predicted molar refractivity (Wildman–Crippen MR) is 167 cm³/mol. The molecule has 1 aliphatic heterocycles. The minimum atomic E-state index is 0.0846. The van der Waals surface area contributed by atoms with Crippen molar-refractivity contribution in [3.63, 3.8) is 0 Å². The average molecular weight is 514 g/mol. The highest BCUT2D eigenvalue weighted by molar-refractivity contribution is 6.22. The lowest BCUT2D eigenvalue weighted by Crippen LogP contribution is -2.34. The standard InChI is InChI=1S/C36H23N3O/c1-2-9-22-18-23(17-16-21(22)8-1)24-11-7-12-26-28-19-27-25-10-3-4-13-29(25)39-34(27)33(36(28)40-35(24)26)32-20-37-30-14-5-6-15-31(30)38-32/h1-20,30,37,39H. The number of aromatic nitrogens is 1. The van der Waals surface area contributed by atoms with Gasteiger partial charge >= 0.3 is 0 Å². The Morgan fingerprint density at radius 1 is 0.700 bits per heavy atom. The van der Waals surface area contributed by atoms with Gasteiger partial charge in [-0.25, -0.2) is 4.99 Å². The Labute approximate surface area is 229 Å². The maximum atomic E-state index is 6.88. The molecule has 1 atom stereocenters. The largest absolute Gasteiger partial charge is 0.455 e. The quantitative estimate of drug-likeness (QED) is 0.243. The molecule has 3 heterocycles. The molecule has 2 N–H and O–H groups in total. The van der Waals surface area contributed by atoms with Crippen LogP contribution in [0.4, 0.5) is 0 Å². The highest BCUT2D eigenvalue weighted by Crippen LogP contribution is 2.44. The molecular formula is C36H23N3O. The van der Waals surface area contributed by atoms with Crippen molar-refractivity contribution in [1.82, 2.24) is 10.3 Å². The zero-order valence-electron chi connectivity index (χ0n) is 21.5. The number of aromatic amines is 1. The third-order valence-electron chi connectivity index (χ3n) is 8.23. The van der Waals surface area contributed by atoms with E-state index in [0.29, 0.717) is 0 Å². The molecule has 0 radical (unpaired) electrons. The zero-order valence-corrected chi connectivity index (χ0v) is 21.5. The summed E-state index contributed by atoms with van der Waals surface area (Å²) in [5, 5.41) is 10.5. The first-order chi connectivity index (χ1) is 19.8. The molecule has 4 heteroatoms. The lowest BCUT2D eigenvalue weighted by molar-refractivity contribution is 0.669. The predicted octanol–water partition coefficient (Wildman–Crippen LogP) is 8.88. The topological polar surface area (TPSA) is 53.3 Å². The van der Waals surface area contributed by atoms with Crippen LogP contribution in [0.5, 0.6) is 0 Å². The summed E-state index contributed by atoms with van der Waals surface area (Å²) in [5.41, 5.74) is 8.92. The van der Waals surface area contributed by atoms with E-state index < -0.39 is 0 Å². The van der Waals surface area contributed by atoms with Crippen LogP contribution in [0, 0.1) is 0 Å². The minimum absolute atomic E-state index is 0.0846. The van der Waals surface area contributed by atoms with E-state index in [2.05, 4.69) is 120 Å². The molecule has 2 aromatic heterocycles. The van der Waals surface area contributed by atoms with Gasteiger partial charge in [0.25, 0.3) is 0 Å². The van der Waals surface area contributed by atoms with E-state index in [9.17, 15) is 0 Å². The summed E-state index contributed by atoms with van der Waals surface area (Å²) in [7, 11) is 0. The molecule has 2 aliphatic rings. The van der Waals surface area contributed by atoms with Crippen LogP contribution >= 0.6 is 0 Å². The molecule has 5 aromatic carbocycles. The second kappa shape index (κ2) is 8.08. The van der Waals surface area contributed by atoms with Crippen molar-refractivity contribution in [2.45, 2.75) is 6.04 Å². The van der Waals surface area contributed by atoms with E-state index in [1.54, 1.807) is 0 Å². The summed E-state index contributed by atoms with van der Waals surface area (Å²) in [6.45, 7) is 0. The Kier molecular flexibility index (Phi) is 4.35. The number of hydrogen-bond acceptors (Lipinski definition) is 3. The number of allylic oxidation sites excluding steroid dienone is 2. The Hall–Kier alpha value is -5.35. The van der Waals surface area contributed by atoms with Gasteiger partial charge in [-0.15, -0.1) is 0 Å². The molecule has 1 unspecified atom stereocenters. The second-order valence-electron chi connectivity index (χ2n) is 10.5. The van der Waals surface area contributed by atoms with Gasteiger partial charge in [0.15, 0.2) is 0 Å². The molecule has 40 heavy (non-hydrogen) atoms. The number of furan rings is 1. The molecule has 188 valence electrons.